The fourth-order valence-corrected chi connectivity index (χ4v) is 3.77. The van der Waals surface area contributed by atoms with Gasteiger partial charge in [-0.2, -0.15) is 0 Å². The lowest BCUT2D eigenvalue weighted by Gasteiger charge is -2.07. The Kier molecular flexibility index (Phi) is 7.42. The van der Waals surface area contributed by atoms with Crippen LogP contribution in [-0.2, 0) is 4.79 Å². The van der Waals surface area contributed by atoms with Gasteiger partial charge in [-0.25, -0.2) is 0 Å². The molecule has 0 spiro atoms. The highest BCUT2D eigenvalue weighted by molar-refractivity contribution is 8.01. The number of carbonyl (C=O) groups is 1. The van der Waals surface area contributed by atoms with Gasteiger partial charge in [0, 0.05) is 16.8 Å². The predicted molar refractivity (Wildman–Crippen MR) is 96.1 cm³/mol. The van der Waals surface area contributed by atoms with E-state index < -0.39 is 0 Å². The number of thioether (sulfide) groups is 1. The van der Waals surface area contributed by atoms with E-state index >= 15 is 0 Å². The molecule has 9 heteroatoms. The van der Waals surface area contributed by atoms with Crippen LogP contribution in [0.4, 0.5) is 5.13 Å². The Bertz CT molecular complexity index is 667. The van der Waals surface area contributed by atoms with Gasteiger partial charge in [0.05, 0.1) is 5.02 Å². The van der Waals surface area contributed by atoms with E-state index in [-0.39, 0.29) is 12.5 Å². The van der Waals surface area contributed by atoms with Gasteiger partial charge in [0.15, 0.2) is 10.9 Å². The lowest BCUT2D eigenvalue weighted by atomic mass is 10.3. The Morgan fingerprint density at radius 2 is 2.22 bits per heavy atom. The minimum absolute atomic E-state index is 0.183. The molecule has 0 bridgehead atoms. The number of aromatic nitrogens is 2. The van der Waals surface area contributed by atoms with Gasteiger partial charge in [0.1, 0.15) is 5.75 Å². The van der Waals surface area contributed by atoms with Gasteiger partial charge >= 0.3 is 0 Å². The molecule has 0 fully saturated rings. The average molecular weight is 392 g/mol. The van der Waals surface area contributed by atoms with Crippen molar-refractivity contribution in [3.8, 4) is 5.75 Å². The third kappa shape index (κ3) is 6.18. The Morgan fingerprint density at radius 3 is 3.00 bits per heavy atom. The third-order valence-electron chi connectivity index (χ3n) is 2.63. The number of anilines is 1. The van der Waals surface area contributed by atoms with Crippen molar-refractivity contribution in [1.82, 2.24) is 10.2 Å². The van der Waals surface area contributed by atoms with Gasteiger partial charge in [0.2, 0.25) is 5.13 Å². The van der Waals surface area contributed by atoms with Crippen LogP contribution in [0.3, 0.4) is 0 Å². The highest BCUT2D eigenvalue weighted by atomic mass is 35.5. The Hall–Kier alpha value is -1.02. The van der Waals surface area contributed by atoms with Crippen LogP contribution >= 0.6 is 46.3 Å². The fraction of sp³-hybridized carbons (Fsp3) is 0.357. The van der Waals surface area contributed by atoms with Crippen LogP contribution in [0.5, 0.6) is 5.75 Å². The summed E-state index contributed by atoms with van der Waals surface area (Å²) >= 11 is 14.8. The summed E-state index contributed by atoms with van der Waals surface area (Å²) in [5, 5.41) is 11.9. The van der Waals surface area contributed by atoms with Crippen LogP contribution in [0.2, 0.25) is 10.0 Å². The van der Waals surface area contributed by atoms with E-state index in [9.17, 15) is 4.79 Å². The van der Waals surface area contributed by atoms with Crippen LogP contribution in [0.1, 0.15) is 19.8 Å². The van der Waals surface area contributed by atoms with E-state index in [0.717, 1.165) is 22.9 Å². The lowest BCUT2D eigenvalue weighted by Crippen LogP contribution is -2.20. The maximum absolute atomic E-state index is 11.9. The van der Waals surface area contributed by atoms with Gasteiger partial charge in [-0.3, -0.25) is 10.1 Å². The summed E-state index contributed by atoms with van der Waals surface area (Å²) < 4.78 is 6.20. The summed E-state index contributed by atoms with van der Waals surface area (Å²) in [4.78, 5) is 11.9. The molecule has 1 aromatic heterocycles. The minimum atomic E-state index is -0.331. The smallest absolute Gasteiger partial charge is 0.264 e. The Balaban J connectivity index is 1.81. The number of amides is 1. The molecular formula is C14H15Cl2N3O2S2. The molecule has 0 aliphatic rings. The number of nitrogens with zero attached hydrogens (tertiary/aromatic N) is 2. The first-order chi connectivity index (χ1) is 11.1. The highest BCUT2D eigenvalue weighted by Crippen LogP contribution is 2.28. The normalized spacial score (nSPS) is 10.6. The summed E-state index contributed by atoms with van der Waals surface area (Å²) in [6.45, 7) is 1.95. The molecular weight excluding hydrogens is 377 g/mol. The lowest BCUT2D eigenvalue weighted by molar-refractivity contribution is -0.118. The first-order valence-electron chi connectivity index (χ1n) is 6.92. The van der Waals surface area contributed by atoms with Crippen molar-refractivity contribution in [2.24, 2.45) is 0 Å². The number of rotatable bonds is 8. The van der Waals surface area contributed by atoms with E-state index in [1.165, 1.54) is 11.3 Å². The average Bonchev–Trinajstić information content (AvgIpc) is 2.96. The maximum atomic E-state index is 11.9. The van der Waals surface area contributed by atoms with E-state index in [1.807, 2.05) is 0 Å². The molecule has 0 atom stereocenters. The fourth-order valence-electron chi connectivity index (χ4n) is 1.51. The zero-order valence-electron chi connectivity index (χ0n) is 12.3. The Labute approximate surface area is 152 Å². The Morgan fingerprint density at radius 1 is 1.39 bits per heavy atom. The van der Waals surface area contributed by atoms with Crippen molar-refractivity contribution in [2.45, 2.75) is 24.1 Å². The molecule has 1 N–H and O–H groups in total. The number of unbranched alkanes of at least 4 members (excludes halogenated alkanes) is 1. The van der Waals surface area contributed by atoms with Crippen LogP contribution in [0.15, 0.2) is 22.5 Å². The highest BCUT2D eigenvalue weighted by Gasteiger charge is 2.10. The van der Waals surface area contributed by atoms with Crippen molar-refractivity contribution < 1.29 is 9.53 Å². The van der Waals surface area contributed by atoms with Crippen LogP contribution in [0.25, 0.3) is 0 Å². The zero-order valence-corrected chi connectivity index (χ0v) is 15.5. The van der Waals surface area contributed by atoms with E-state index in [1.54, 1.807) is 30.0 Å². The molecule has 124 valence electrons. The zero-order chi connectivity index (χ0) is 16.7. The van der Waals surface area contributed by atoms with E-state index in [4.69, 9.17) is 27.9 Å². The predicted octanol–water partition coefficient (Wildman–Crippen LogP) is 4.75. The summed E-state index contributed by atoms with van der Waals surface area (Å²) in [7, 11) is 0. The summed E-state index contributed by atoms with van der Waals surface area (Å²) in [5.74, 6) is 1.03. The quantitative estimate of drug-likeness (QED) is 0.399. The van der Waals surface area contributed by atoms with Crippen molar-refractivity contribution in [1.29, 1.82) is 0 Å². The molecule has 0 aliphatic heterocycles. The summed E-state index contributed by atoms with van der Waals surface area (Å²) in [6.07, 6.45) is 2.26. The molecule has 0 radical (unpaired) electrons. The molecule has 1 aromatic carbocycles. The number of carbonyl (C=O) groups excluding carboxylic acids is 1. The third-order valence-corrected chi connectivity index (χ3v) is 5.23. The van der Waals surface area contributed by atoms with Crippen molar-refractivity contribution >= 4 is 57.3 Å². The second kappa shape index (κ2) is 9.32. The molecule has 0 saturated heterocycles. The molecule has 2 rings (SSSR count). The first kappa shape index (κ1) is 18.3. The SMILES string of the molecule is CCCCSc1nnc(NC(=O)COc2cc(Cl)ccc2Cl)s1. The van der Waals surface area contributed by atoms with Crippen molar-refractivity contribution in [3.05, 3.63) is 28.2 Å². The number of halogens is 2. The molecule has 0 aliphatic carbocycles. The minimum Gasteiger partial charge on any atom is -0.482 e. The number of hydrogen-bond acceptors (Lipinski definition) is 6. The van der Waals surface area contributed by atoms with Gasteiger partial charge in [0.25, 0.3) is 5.91 Å². The van der Waals surface area contributed by atoms with Crippen LogP contribution in [-0.4, -0.2) is 28.5 Å². The molecule has 23 heavy (non-hydrogen) atoms. The summed E-state index contributed by atoms with van der Waals surface area (Å²) in [6, 6.07) is 4.82. The monoisotopic (exact) mass is 391 g/mol. The van der Waals surface area contributed by atoms with Crippen LogP contribution in [0, 0.1) is 0 Å². The molecule has 0 saturated carbocycles. The van der Waals surface area contributed by atoms with E-state index in [0.29, 0.717) is 20.9 Å². The number of hydrogen-bond donors (Lipinski definition) is 1. The number of nitrogens with one attached hydrogen (secondary N) is 1. The van der Waals surface area contributed by atoms with Crippen molar-refractivity contribution in [3.63, 3.8) is 0 Å². The standard InChI is InChI=1S/C14H15Cl2N3O2S2/c1-2-3-6-22-14-19-18-13(23-14)17-12(20)8-21-11-7-9(15)4-5-10(11)16/h4-5,7H,2-3,6,8H2,1H3,(H,17,18,20). The van der Waals surface area contributed by atoms with Crippen molar-refractivity contribution in [2.75, 3.05) is 17.7 Å². The number of ether oxygens (including phenoxy) is 1. The van der Waals surface area contributed by atoms with E-state index in [2.05, 4.69) is 22.4 Å². The molecule has 5 nitrogen and oxygen atoms in total. The first-order valence-corrected chi connectivity index (χ1v) is 9.48. The molecule has 1 heterocycles. The van der Waals surface area contributed by atoms with Crippen LogP contribution < -0.4 is 10.1 Å². The maximum Gasteiger partial charge on any atom is 0.264 e. The summed E-state index contributed by atoms with van der Waals surface area (Å²) in [5.41, 5.74) is 0. The molecule has 2 aromatic rings. The molecule has 0 unspecified atom stereocenters. The topological polar surface area (TPSA) is 64.1 Å². The van der Waals surface area contributed by atoms with Gasteiger partial charge < -0.3 is 4.74 Å². The van der Waals surface area contributed by atoms with Gasteiger partial charge in [-0.15, -0.1) is 10.2 Å². The second-order valence-electron chi connectivity index (χ2n) is 4.49. The molecule has 1 amide bonds. The van der Waals surface area contributed by atoms with Gasteiger partial charge in [-0.05, 0) is 18.6 Å². The van der Waals surface area contributed by atoms with Gasteiger partial charge in [-0.1, -0.05) is 59.6 Å². The largest absolute Gasteiger partial charge is 0.482 e. The number of benzene rings is 1. The second-order valence-corrected chi connectivity index (χ2v) is 7.65.